The van der Waals surface area contributed by atoms with Gasteiger partial charge in [0.05, 0.1) is 23.3 Å². The summed E-state index contributed by atoms with van der Waals surface area (Å²) in [6.45, 7) is 4.79. The summed E-state index contributed by atoms with van der Waals surface area (Å²) in [7, 11) is 0. The minimum Gasteiger partial charge on any atom is -0.325 e. The van der Waals surface area contributed by atoms with Gasteiger partial charge in [-0.1, -0.05) is 135 Å². The van der Waals surface area contributed by atoms with Crippen LogP contribution in [0.4, 0.5) is 5.95 Å². The number of allylic oxidation sites excluding steroid dienone is 2. The predicted octanol–water partition coefficient (Wildman–Crippen LogP) is 10.1. The van der Waals surface area contributed by atoms with Crippen molar-refractivity contribution in [3.63, 3.8) is 0 Å². The standard InChI is InChI=1S/C41H31N3S/c1-41(2)32-18-10-8-17-29(32)38-34(41)30-23-22-28-27-16-9-11-19-33(27)44(37(28)39(30)45-38)40-42-35(25-13-4-3-5-14-25)31-21-20-24-12-6-7-15-26(24)36(31)43-40/h3-23,27-28,33,37H,1-2H3. The van der Waals surface area contributed by atoms with Crippen molar-refractivity contribution in [3.05, 3.63) is 143 Å². The quantitative estimate of drug-likeness (QED) is 0.186. The molecule has 4 atom stereocenters. The Morgan fingerprint density at radius 1 is 0.733 bits per heavy atom. The number of hydrogen-bond donors (Lipinski definition) is 0. The molecule has 4 unspecified atom stereocenters. The molecule has 0 spiro atoms. The van der Waals surface area contributed by atoms with Crippen LogP contribution in [-0.4, -0.2) is 16.0 Å². The van der Waals surface area contributed by atoms with E-state index >= 15 is 0 Å². The molecular weight excluding hydrogens is 567 g/mol. The SMILES string of the molecule is CC1(C)c2ccccc2-c2sc3c(c21)C=CC1C2C=CC=CC2N(c2nc(-c4ccccc4)c4ccc5ccccc5c4n2)C31. The van der Waals surface area contributed by atoms with Crippen LogP contribution in [-0.2, 0) is 5.41 Å². The molecular formula is C41H31N3S. The van der Waals surface area contributed by atoms with Crippen molar-refractivity contribution < 1.29 is 0 Å². The topological polar surface area (TPSA) is 29.0 Å². The number of nitrogens with zero attached hydrogens (tertiary/aromatic N) is 3. The summed E-state index contributed by atoms with van der Waals surface area (Å²) in [5, 5.41) is 3.46. The first-order valence-electron chi connectivity index (χ1n) is 15.9. The van der Waals surface area contributed by atoms with E-state index in [-0.39, 0.29) is 17.5 Å². The van der Waals surface area contributed by atoms with Crippen LogP contribution in [0, 0.1) is 11.8 Å². The van der Waals surface area contributed by atoms with Crippen molar-refractivity contribution >= 4 is 45.0 Å². The Morgan fingerprint density at radius 2 is 1.53 bits per heavy atom. The van der Waals surface area contributed by atoms with Crippen molar-refractivity contribution in [2.75, 3.05) is 4.90 Å². The summed E-state index contributed by atoms with van der Waals surface area (Å²) in [5.74, 6) is 1.51. The third-order valence-corrected chi connectivity index (χ3v) is 11.9. The molecule has 3 nitrogen and oxygen atoms in total. The largest absolute Gasteiger partial charge is 0.325 e. The molecule has 216 valence electrons. The molecule has 1 aliphatic heterocycles. The summed E-state index contributed by atoms with van der Waals surface area (Å²) >= 11 is 2.00. The second-order valence-electron chi connectivity index (χ2n) is 13.3. The van der Waals surface area contributed by atoms with Crippen molar-refractivity contribution in [1.29, 1.82) is 0 Å². The summed E-state index contributed by atoms with van der Waals surface area (Å²) in [4.78, 5) is 16.4. The molecule has 1 fully saturated rings. The minimum atomic E-state index is -0.0397. The first kappa shape index (κ1) is 25.5. The van der Waals surface area contributed by atoms with Gasteiger partial charge < -0.3 is 4.90 Å². The van der Waals surface area contributed by atoms with Gasteiger partial charge in [-0.3, -0.25) is 0 Å². The molecule has 0 N–H and O–H groups in total. The van der Waals surface area contributed by atoms with Gasteiger partial charge in [-0.25, -0.2) is 9.97 Å². The fourth-order valence-corrected chi connectivity index (χ4v) is 10.3. The lowest BCUT2D eigenvalue weighted by Gasteiger charge is -2.33. The molecule has 4 aliphatic rings. The summed E-state index contributed by atoms with van der Waals surface area (Å²) < 4.78 is 0. The number of hydrogen-bond acceptors (Lipinski definition) is 4. The number of rotatable bonds is 2. The number of thiophene rings is 1. The summed E-state index contributed by atoms with van der Waals surface area (Å²) in [6, 6.07) is 33.0. The zero-order chi connectivity index (χ0) is 29.9. The zero-order valence-electron chi connectivity index (χ0n) is 25.2. The highest BCUT2D eigenvalue weighted by atomic mass is 32.1. The van der Waals surface area contributed by atoms with Gasteiger partial charge in [0.2, 0.25) is 5.95 Å². The molecule has 2 aromatic heterocycles. The van der Waals surface area contributed by atoms with Gasteiger partial charge >= 0.3 is 0 Å². The molecule has 45 heavy (non-hydrogen) atoms. The first-order chi connectivity index (χ1) is 22.1. The van der Waals surface area contributed by atoms with E-state index in [4.69, 9.17) is 9.97 Å². The smallest absolute Gasteiger partial charge is 0.227 e. The average Bonchev–Trinajstić information content (AvgIpc) is 3.71. The van der Waals surface area contributed by atoms with Crippen LogP contribution in [0.5, 0.6) is 0 Å². The number of fused-ring (bicyclic) bond motifs is 12. The maximum atomic E-state index is 5.49. The Kier molecular flexibility index (Phi) is 5.17. The van der Waals surface area contributed by atoms with Crippen LogP contribution < -0.4 is 4.90 Å². The molecule has 6 aromatic rings. The molecule has 4 heteroatoms. The van der Waals surface area contributed by atoms with Crippen molar-refractivity contribution in [2.24, 2.45) is 11.8 Å². The van der Waals surface area contributed by atoms with E-state index in [0.29, 0.717) is 11.8 Å². The molecule has 0 radical (unpaired) electrons. The zero-order valence-corrected chi connectivity index (χ0v) is 26.0. The maximum Gasteiger partial charge on any atom is 0.227 e. The maximum absolute atomic E-state index is 5.49. The van der Waals surface area contributed by atoms with Crippen LogP contribution >= 0.6 is 11.3 Å². The molecule has 10 rings (SSSR count). The van der Waals surface area contributed by atoms with E-state index in [1.807, 2.05) is 11.3 Å². The second kappa shape index (κ2) is 9.12. The third kappa shape index (κ3) is 3.41. The number of aromatic nitrogens is 2. The highest BCUT2D eigenvalue weighted by Crippen LogP contribution is 2.61. The molecule has 1 saturated heterocycles. The molecule has 3 heterocycles. The lowest BCUT2D eigenvalue weighted by Crippen LogP contribution is -2.35. The Labute approximate surface area is 266 Å². The average molecular weight is 598 g/mol. The normalized spacial score (nSPS) is 23.2. The molecule has 0 bridgehead atoms. The molecule has 3 aliphatic carbocycles. The predicted molar refractivity (Wildman–Crippen MR) is 188 cm³/mol. The summed E-state index contributed by atoms with van der Waals surface area (Å²) in [6.07, 6.45) is 14.1. The molecule has 0 saturated carbocycles. The number of anilines is 1. The van der Waals surface area contributed by atoms with Gasteiger partial charge in [-0.15, -0.1) is 11.3 Å². The second-order valence-corrected chi connectivity index (χ2v) is 14.4. The van der Waals surface area contributed by atoms with Crippen LogP contribution in [0.2, 0.25) is 0 Å². The van der Waals surface area contributed by atoms with Crippen molar-refractivity contribution in [2.45, 2.75) is 31.3 Å². The lowest BCUT2D eigenvalue weighted by atomic mass is 9.77. The van der Waals surface area contributed by atoms with Gasteiger partial charge in [0, 0.05) is 43.3 Å². The van der Waals surface area contributed by atoms with Crippen LogP contribution in [0.15, 0.2) is 121 Å². The van der Waals surface area contributed by atoms with Gasteiger partial charge in [-0.2, -0.15) is 0 Å². The van der Waals surface area contributed by atoms with Crippen LogP contribution in [0.1, 0.15) is 41.5 Å². The Balaban J connectivity index is 1.24. The van der Waals surface area contributed by atoms with Crippen LogP contribution in [0.3, 0.4) is 0 Å². The van der Waals surface area contributed by atoms with Crippen molar-refractivity contribution in [3.8, 4) is 21.7 Å². The molecule has 4 aromatic carbocycles. The third-order valence-electron chi connectivity index (χ3n) is 10.6. The van der Waals surface area contributed by atoms with Gasteiger partial charge in [0.1, 0.15) is 0 Å². The van der Waals surface area contributed by atoms with E-state index in [1.165, 1.54) is 42.8 Å². The fraction of sp³-hybridized carbons (Fsp3) is 0.171. The van der Waals surface area contributed by atoms with Gasteiger partial charge in [0.15, 0.2) is 0 Å². The first-order valence-corrected chi connectivity index (χ1v) is 16.7. The van der Waals surface area contributed by atoms with Gasteiger partial charge in [0.25, 0.3) is 0 Å². The number of benzene rings is 4. The molecule has 0 amide bonds. The van der Waals surface area contributed by atoms with Crippen LogP contribution in [0.25, 0.3) is 49.4 Å². The highest BCUT2D eigenvalue weighted by Gasteiger charge is 2.52. The van der Waals surface area contributed by atoms with E-state index in [1.54, 1.807) is 0 Å². The Hall–Kier alpha value is -4.80. The monoisotopic (exact) mass is 597 g/mol. The highest BCUT2D eigenvalue weighted by molar-refractivity contribution is 7.16. The fourth-order valence-electron chi connectivity index (χ4n) is 8.63. The lowest BCUT2D eigenvalue weighted by molar-refractivity contribution is 0.505. The van der Waals surface area contributed by atoms with Gasteiger partial charge in [-0.05, 0) is 33.7 Å². The van der Waals surface area contributed by atoms with Crippen molar-refractivity contribution in [1.82, 2.24) is 9.97 Å². The van der Waals surface area contributed by atoms with E-state index in [9.17, 15) is 0 Å². The van der Waals surface area contributed by atoms with E-state index < -0.39 is 0 Å². The Bertz CT molecular complexity index is 2290. The minimum absolute atomic E-state index is 0.0397. The Morgan fingerprint density at radius 3 is 2.44 bits per heavy atom. The van der Waals surface area contributed by atoms with E-state index in [2.05, 4.69) is 146 Å². The summed E-state index contributed by atoms with van der Waals surface area (Å²) in [5.41, 5.74) is 8.80. The van der Waals surface area contributed by atoms with E-state index in [0.717, 1.165) is 28.1 Å².